The molecular formula is C28H21IN4O3S. The van der Waals surface area contributed by atoms with Crippen molar-refractivity contribution in [3.63, 3.8) is 0 Å². The summed E-state index contributed by atoms with van der Waals surface area (Å²) in [6, 6.07) is 16.3. The molecule has 6 rings (SSSR count). The minimum Gasteiger partial charge on any atom is -0.506 e. The maximum atomic E-state index is 13.3. The largest absolute Gasteiger partial charge is 0.506 e. The predicted octanol–water partition coefficient (Wildman–Crippen LogP) is 5.55. The maximum absolute atomic E-state index is 13.3. The highest BCUT2D eigenvalue weighted by atomic mass is 127. The van der Waals surface area contributed by atoms with Crippen LogP contribution in [0.5, 0.6) is 5.75 Å². The van der Waals surface area contributed by atoms with E-state index in [2.05, 4.69) is 38.1 Å². The molecule has 1 aliphatic carbocycles. The summed E-state index contributed by atoms with van der Waals surface area (Å²) < 4.78 is 2.24. The van der Waals surface area contributed by atoms with Gasteiger partial charge < -0.3 is 5.11 Å². The number of hydrazone groups is 1. The van der Waals surface area contributed by atoms with E-state index in [1.54, 1.807) is 41.9 Å². The molecule has 3 aromatic carbocycles. The van der Waals surface area contributed by atoms with Crippen LogP contribution in [0.4, 0.5) is 0 Å². The van der Waals surface area contributed by atoms with Crippen molar-refractivity contribution in [2.75, 3.05) is 0 Å². The number of hydrogen-bond acceptors (Lipinski definition) is 6. The van der Waals surface area contributed by atoms with Crippen LogP contribution in [-0.4, -0.2) is 26.8 Å². The van der Waals surface area contributed by atoms with Crippen LogP contribution in [0.1, 0.15) is 39.2 Å². The van der Waals surface area contributed by atoms with Crippen molar-refractivity contribution in [2.45, 2.75) is 25.7 Å². The molecule has 2 aromatic heterocycles. The van der Waals surface area contributed by atoms with Crippen LogP contribution < -0.4 is 11.0 Å². The van der Waals surface area contributed by atoms with Gasteiger partial charge in [0, 0.05) is 16.0 Å². The van der Waals surface area contributed by atoms with E-state index in [0.29, 0.717) is 20.4 Å². The number of aromatic nitrogens is 2. The van der Waals surface area contributed by atoms with E-state index in [1.807, 2.05) is 30.3 Å². The molecule has 0 saturated heterocycles. The molecule has 9 heteroatoms. The Morgan fingerprint density at radius 3 is 2.76 bits per heavy atom. The zero-order valence-electron chi connectivity index (χ0n) is 19.6. The van der Waals surface area contributed by atoms with Crippen LogP contribution in [0.25, 0.3) is 26.7 Å². The Bertz CT molecular complexity index is 1770. The number of carbonyl (C=O) groups excluding carboxylic acids is 1. The highest BCUT2D eigenvalue weighted by Crippen LogP contribution is 2.34. The van der Waals surface area contributed by atoms with Crippen molar-refractivity contribution in [1.29, 1.82) is 0 Å². The van der Waals surface area contributed by atoms with E-state index in [-0.39, 0.29) is 11.3 Å². The molecule has 2 N–H and O–H groups in total. The Morgan fingerprint density at radius 2 is 1.92 bits per heavy atom. The van der Waals surface area contributed by atoms with Gasteiger partial charge in [0.05, 0.1) is 20.9 Å². The van der Waals surface area contributed by atoms with Gasteiger partial charge in [-0.15, -0.1) is 11.3 Å². The molecule has 0 saturated carbocycles. The lowest BCUT2D eigenvalue weighted by Gasteiger charge is -2.10. The molecule has 184 valence electrons. The monoisotopic (exact) mass is 620 g/mol. The average molecular weight is 620 g/mol. The fraction of sp³-hybridized carbons (Fsp3) is 0.143. The summed E-state index contributed by atoms with van der Waals surface area (Å²) in [6.45, 7) is 0. The second kappa shape index (κ2) is 9.71. The maximum Gasteiger partial charge on any atom is 0.271 e. The lowest BCUT2D eigenvalue weighted by molar-refractivity contribution is 0.0955. The molecule has 0 atom stereocenters. The molecule has 0 aliphatic heterocycles. The summed E-state index contributed by atoms with van der Waals surface area (Å²) in [5, 5.41) is 17.1. The van der Waals surface area contributed by atoms with E-state index in [1.165, 1.54) is 15.7 Å². The van der Waals surface area contributed by atoms with Gasteiger partial charge >= 0.3 is 0 Å². The first-order valence-electron chi connectivity index (χ1n) is 11.9. The molecule has 0 radical (unpaired) electrons. The van der Waals surface area contributed by atoms with E-state index in [9.17, 15) is 14.7 Å². The first-order valence-corrected chi connectivity index (χ1v) is 13.8. The highest BCUT2D eigenvalue weighted by molar-refractivity contribution is 14.1. The van der Waals surface area contributed by atoms with Crippen LogP contribution in [0, 0.1) is 3.57 Å². The number of aryl methyl sites for hydroxylation is 2. The summed E-state index contributed by atoms with van der Waals surface area (Å²) in [7, 11) is 0. The van der Waals surface area contributed by atoms with Crippen LogP contribution in [0.2, 0.25) is 0 Å². The van der Waals surface area contributed by atoms with E-state index in [4.69, 9.17) is 0 Å². The summed E-state index contributed by atoms with van der Waals surface area (Å²) in [5.41, 5.74) is 5.18. The molecular weight excluding hydrogens is 599 g/mol. The van der Waals surface area contributed by atoms with Crippen molar-refractivity contribution < 1.29 is 9.90 Å². The number of fused-ring (bicyclic) bond motifs is 4. The van der Waals surface area contributed by atoms with Crippen molar-refractivity contribution >= 4 is 67.0 Å². The normalized spacial score (nSPS) is 13.3. The van der Waals surface area contributed by atoms with E-state index >= 15 is 0 Å². The van der Waals surface area contributed by atoms with Gasteiger partial charge in [-0.1, -0.05) is 24.3 Å². The summed E-state index contributed by atoms with van der Waals surface area (Å²) in [5.74, 6) is -0.283. The highest BCUT2D eigenvalue weighted by Gasteiger charge is 2.20. The van der Waals surface area contributed by atoms with Gasteiger partial charge in [0.1, 0.15) is 16.9 Å². The third kappa shape index (κ3) is 4.31. The predicted molar refractivity (Wildman–Crippen MR) is 155 cm³/mol. The number of hydrogen-bond donors (Lipinski definition) is 2. The number of rotatable bonds is 4. The smallest absolute Gasteiger partial charge is 0.271 e. The van der Waals surface area contributed by atoms with E-state index < -0.39 is 5.91 Å². The van der Waals surface area contributed by atoms with Gasteiger partial charge in [-0.05, 0) is 94.9 Å². The molecule has 5 aromatic rings. The average Bonchev–Trinajstić information content (AvgIpc) is 3.30. The number of thiophene rings is 1. The standard InChI is InChI=1S/C28H21IN4O3S/c29-22-13-17-5-1-2-6-19(17)21(25(22)34)14-31-32-26(35)16-9-11-18(12-10-16)33-15-30-27-24(28(33)36)20-7-3-4-8-23(20)37-27/h1-2,5-6,9-15,34H,3-4,7-8H2,(H,32,35)/b31-14-. The molecule has 0 fully saturated rings. The lowest BCUT2D eigenvalue weighted by Crippen LogP contribution is -2.20. The Kier molecular flexibility index (Phi) is 6.25. The number of carbonyl (C=O) groups is 1. The quantitative estimate of drug-likeness (QED) is 0.156. The zero-order chi connectivity index (χ0) is 25.5. The first kappa shape index (κ1) is 23.8. The Labute approximate surface area is 229 Å². The van der Waals surface area contributed by atoms with E-state index in [0.717, 1.165) is 52.2 Å². The Morgan fingerprint density at radius 1 is 1.14 bits per heavy atom. The Hall–Kier alpha value is -3.57. The fourth-order valence-electron chi connectivity index (χ4n) is 4.78. The minimum atomic E-state index is -0.398. The number of benzene rings is 3. The molecule has 0 unspecified atom stereocenters. The van der Waals surface area contributed by atoms with Crippen molar-refractivity contribution in [2.24, 2.45) is 5.10 Å². The molecule has 1 aliphatic rings. The van der Waals surface area contributed by atoms with Gasteiger partial charge in [-0.3, -0.25) is 14.2 Å². The van der Waals surface area contributed by atoms with Crippen LogP contribution >= 0.6 is 33.9 Å². The van der Waals surface area contributed by atoms with Crippen LogP contribution in [-0.2, 0) is 12.8 Å². The molecule has 2 heterocycles. The number of nitrogens with zero attached hydrogens (tertiary/aromatic N) is 3. The second-order valence-electron chi connectivity index (χ2n) is 8.90. The third-order valence-electron chi connectivity index (χ3n) is 6.66. The van der Waals surface area contributed by atoms with Crippen molar-refractivity contribution in [3.8, 4) is 11.4 Å². The number of phenols is 1. The van der Waals surface area contributed by atoms with Gasteiger partial charge in [0.2, 0.25) is 0 Å². The minimum absolute atomic E-state index is 0.0734. The van der Waals surface area contributed by atoms with Crippen LogP contribution in [0.3, 0.4) is 0 Å². The summed E-state index contributed by atoms with van der Waals surface area (Å²) in [4.78, 5) is 32.6. The topological polar surface area (TPSA) is 96.6 Å². The zero-order valence-corrected chi connectivity index (χ0v) is 22.5. The van der Waals surface area contributed by atoms with Crippen molar-refractivity contribution in [1.82, 2.24) is 15.0 Å². The number of aromatic hydroxyl groups is 1. The molecule has 0 spiro atoms. The third-order valence-corrected chi connectivity index (χ3v) is 8.68. The first-order chi connectivity index (χ1) is 18.0. The number of amides is 1. The van der Waals surface area contributed by atoms with Gasteiger partial charge in [0.25, 0.3) is 11.5 Å². The Balaban J connectivity index is 1.24. The number of nitrogens with one attached hydrogen (secondary N) is 1. The van der Waals surface area contributed by atoms with Gasteiger partial charge in [-0.2, -0.15) is 5.10 Å². The number of halogens is 1. The number of phenolic OH excluding ortho intramolecular Hbond substituents is 1. The lowest BCUT2D eigenvalue weighted by atomic mass is 9.97. The summed E-state index contributed by atoms with van der Waals surface area (Å²) >= 11 is 3.69. The molecule has 1 amide bonds. The molecule has 7 nitrogen and oxygen atoms in total. The molecule has 0 bridgehead atoms. The van der Waals surface area contributed by atoms with Crippen LogP contribution in [0.15, 0.2) is 70.8 Å². The second-order valence-corrected chi connectivity index (χ2v) is 11.1. The molecule has 37 heavy (non-hydrogen) atoms. The van der Waals surface area contributed by atoms with Crippen molar-refractivity contribution in [3.05, 3.63) is 96.4 Å². The summed E-state index contributed by atoms with van der Waals surface area (Å²) in [6.07, 6.45) is 7.20. The van der Waals surface area contributed by atoms with Gasteiger partial charge in [0.15, 0.2) is 0 Å². The SMILES string of the molecule is O=C(N/N=C\c1c(O)c(I)cc2ccccc12)c1ccc(-n2cnc3sc4c(c3c2=O)CCCC4)cc1. The fourth-order valence-corrected chi connectivity index (χ4v) is 6.63. The van der Waals surface area contributed by atoms with Gasteiger partial charge in [-0.25, -0.2) is 10.4 Å².